The summed E-state index contributed by atoms with van der Waals surface area (Å²) in [7, 11) is 0. The predicted octanol–water partition coefficient (Wildman–Crippen LogP) is 3.16. The van der Waals surface area contributed by atoms with Gasteiger partial charge in [0, 0.05) is 18.2 Å². The van der Waals surface area contributed by atoms with Crippen LogP contribution in [-0.4, -0.2) is 27.7 Å². The summed E-state index contributed by atoms with van der Waals surface area (Å²) >= 11 is 0. The molecule has 1 unspecified atom stereocenters. The van der Waals surface area contributed by atoms with Gasteiger partial charge in [0.15, 0.2) is 11.7 Å². The quantitative estimate of drug-likeness (QED) is 0.455. The van der Waals surface area contributed by atoms with Crippen molar-refractivity contribution in [3.63, 3.8) is 0 Å². The van der Waals surface area contributed by atoms with Gasteiger partial charge in [-0.2, -0.15) is 0 Å². The number of nitrogens with one attached hydrogen (secondary N) is 3. The van der Waals surface area contributed by atoms with E-state index in [-0.39, 0.29) is 6.54 Å². The summed E-state index contributed by atoms with van der Waals surface area (Å²) in [5.74, 6) is 0.826. The molecule has 1 atom stereocenters. The monoisotopic (exact) mass is 374 g/mol. The van der Waals surface area contributed by atoms with Gasteiger partial charge in [0.2, 0.25) is 5.82 Å². The first-order valence-electron chi connectivity index (χ1n) is 8.51. The SMILES string of the molecule is CCNC(=NCc1nc(-c2ccco2)n[nH]1)NC(C)c1ccc(F)cc1F. The molecule has 2 aromatic heterocycles. The molecular formula is C18H20F2N6O. The van der Waals surface area contributed by atoms with Crippen LogP contribution in [0.4, 0.5) is 8.78 Å². The fourth-order valence-electron chi connectivity index (χ4n) is 2.49. The van der Waals surface area contributed by atoms with E-state index in [4.69, 9.17) is 4.42 Å². The molecule has 0 saturated carbocycles. The average molecular weight is 374 g/mol. The molecule has 0 aliphatic rings. The van der Waals surface area contributed by atoms with E-state index in [2.05, 4.69) is 30.8 Å². The summed E-state index contributed by atoms with van der Waals surface area (Å²) in [5.41, 5.74) is 0.349. The third-order valence-corrected chi connectivity index (χ3v) is 3.79. The van der Waals surface area contributed by atoms with Crippen molar-refractivity contribution in [2.75, 3.05) is 6.54 Å². The molecule has 0 aliphatic carbocycles. The van der Waals surface area contributed by atoms with Gasteiger partial charge in [0.25, 0.3) is 0 Å². The molecule has 3 N–H and O–H groups in total. The van der Waals surface area contributed by atoms with Crippen molar-refractivity contribution >= 4 is 5.96 Å². The molecule has 0 spiro atoms. The highest BCUT2D eigenvalue weighted by Crippen LogP contribution is 2.18. The molecule has 0 amide bonds. The Kier molecular flexibility index (Phi) is 5.80. The number of rotatable bonds is 6. The molecule has 2 heterocycles. The third-order valence-electron chi connectivity index (χ3n) is 3.79. The molecule has 0 fully saturated rings. The van der Waals surface area contributed by atoms with E-state index in [0.717, 1.165) is 6.07 Å². The molecule has 0 bridgehead atoms. The molecular weight excluding hydrogens is 354 g/mol. The minimum absolute atomic E-state index is 0.238. The van der Waals surface area contributed by atoms with E-state index in [0.29, 0.717) is 35.5 Å². The standard InChI is InChI=1S/C18H20F2N6O/c1-3-21-18(23-11(2)13-7-6-12(19)9-14(13)20)22-10-16-24-17(26-25-16)15-5-4-8-27-15/h4-9,11H,3,10H2,1-2H3,(H2,21,22,23)(H,24,25,26). The number of H-pyrrole nitrogens is 1. The zero-order valence-electron chi connectivity index (χ0n) is 15.0. The number of aromatic amines is 1. The number of halogens is 2. The lowest BCUT2D eigenvalue weighted by Gasteiger charge is -2.18. The smallest absolute Gasteiger partial charge is 0.216 e. The Bertz CT molecular complexity index is 906. The summed E-state index contributed by atoms with van der Waals surface area (Å²) in [5, 5.41) is 13.1. The van der Waals surface area contributed by atoms with Crippen LogP contribution in [0, 0.1) is 11.6 Å². The minimum Gasteiger partial charge on any atom is -0.461 e. The second kappa shape index (κ2) is 8.43. The summed E-state index contributed by atoms with van der Waals surface area (Å²) in [6, 6.07) is 6.62. The Hall–Kier alpha value is -3.23. The zero-order valence-corrected chi connectivity index (χ0v) is 15.0. The number of benzene rings is 1. The summed E-state index contributed by atoms with van der Waals surface area (Å²) in [6.07, 6.45) is 1.55. The molecule has 0 radical (unpaired) electrons. The number of guanidine groups is 1. The lowest BCUT2D eigenvalue weighted by atomic mass is 10.1. The minimum atomic E-state index is -0.610. The predicted molar refractivity (Wildman–Crippen MR) is 96.8 cm³/mol. The Morgan fingerprint density at radius 2 is 2.19 bits per heavy atom. The van der Waals surface area contributed by atoms with E-state index in [1.54, 1.807) is 25.3 Å². The van der Waals surface area contributed by atoms with E-state index in [1.807, 2.05) is 6.92 Å². The van der Waals surface area contributed by atoms with Crippen molar-refractivity contribution in [3.8, 4) is 11.6 Å². The van der Waals surface area contributed by atoms with Crippen LogP contribution >= 0.6 is 0 Å². The number of aliphatic imine (C=N–C) groups is 1. The summed E-state index contributed by atoms with van der Waals surface area (Å²) < 4.78 is 32.3. The second-order valence-corrected chi connectivity index (χ2v) is 5.81. The van der Waals surface area contributed by atoms with E-state index in [1.165, 1.54) is 12.1 Å². The highest BCUT2D eigenvalue weighted by atomic mass is 19.1. The van der Waals surface area contributed by atoms with Gasteiger partial charge < -0.3 is 15.1 Å². The van der Waals surface area contributed by atoms with Crippen LogP contribution in [0.3, 0.4) is 0 Å². The van der Waals surface area contributed by atoms with Crippen molar-refractivity contribution in [3.05, 3.63) is 59.6 Å². The molecule has 27 heavy (non-hydrogen) atoms. The van der Waals surface area contributed by atoms with Crippen LogP contribution in [0.25, 0.3) is 11.6 Å². The molecule has 9 heteroatoms. The maximum Gasteiger partial charge on any atom is 0.216 e. The summed E-state index contributed by atoms with van der Waals surface area (Å²) in [6.45, 7) is 4.55. The largest absolute Gasteiger partial charge is 0.461 e. The highest BCUT2D eigenvalue weighted by Gasteiger charge is 2.14. The number of aromatic nitrogens is 3. The van der Waals surface area contributed by atoms with E-state index >= 15 is 0 Å². The molecule has 0 aliphatic heterocycles. The van der Waals surface area contributed by atoms with Gasteiger partial charge in [-0.3, -0.25) is 5.10 Å². The Morgan fingerprint density at radius 1 is 1.33 bits per heavy atom. The fraction of sp³-hybridized carbons (Fsp3) is 0.278. The van der Waals surface area contributed by atoms with Gasteiger partial charge in [-0.05, 0) is 32.0 Å². The van der Waals surface area contributed by atoms with Gasteiger partial charge >= 0.3 is 0 Å². The van der Waals surface area contributed by atoms with Gasteiger partial charge in [0.1, 0.15) is 24.0 Å². The highest BCUT2D eigenvalue weighted by molar-refractivity contribution is 5.80. The van der Waals surface area contributed by atoms with Crippen LogP contribution in [0.1, 0.15) is 31.3 Å². The van der Waals surface area contributed by atoms with Crippen LogP contribution in [0.5, 0.6) is 0 Å². The first kappa shape index (κ1) is 18.6. The summed E-state index contributed by atoms with van der Waals surface area (Å²) in [4.78, 5) is 8.75. The van der Waals surface area contributed by atoms with Crippen LogP contribution in [-0.2, 0) is 6.54 Å². The van der Waals surface area contributed by atoms with Gasteiger partial charge in [-0.25, -0.2) is 18.8 Å². The second-order valence-electron chi connectivity index (χ2n) is 5.81. The average Bonchev–Trinajstić information content (AvgIpc) is 3.31. The number of nitrogens with zero attached hydrogens (tertiary/aromatic N) is 3. The van der Waals surface area contributed by atoms with Crippen molar-refractivity contribution in [1.82, 2.24) is 25.8 Å². The molecule has 142 valence electrons. The van der Waals surface area contributed by atoms with E-state index in [9.17, 15) is 8.78 Å². The van der Waals surface area contributed by atoms with Crippen LogP contribution in [0.2, 0.25) is 0 Å². The molecule has 3 aromatic rings. The maximum atomic E-state index is 14.0. The first-order valence-corrected chi connectivity index (χ1v) is 8.51. The van der Waals surface area contributed by atoms with Crippen molar-refractivity contribution < 1.29 is 13.2 Å². The number of hydrogen-bond acceptors (Lipinski definition) is 4. The molecule has 3 rings (SSSR count). The van der Waals surface area contributed by atoms with Gasteiger partial charge in [-0.1, -0.05) is 6.07 Å². The third kappa shape index (κ3) is 4.69. The van der Waals surface area contributed by atoms with Crippen molar-refractivity contribution in [2.45, 2.75) is 26.4 Å². The Labute approximate surface area is 154 Å². The van der Waals surface area contributed by atoms with Crippen molar-refractivity contribution in [1.29, 1.82) is 0 Å². The molecule has 7 nitrogen and oxygen atoms in total. The molecule has 1 aromatic carbocycles. The Balaban J connectivity index is 1.69. The lowest BCUT2D eigenvalue weighted by molar-refractivity contribution is 0.550. The van der Waals surface area contributed by atoms with E-state index < -0.39 is 17.7 Å². The normalized spacial score (nSPS) is 12.8. The fourth-order valence-corrected chi connectivity index (χ4v) is 2.49. The van der Waals surface area contributed by atoms with Crippen molar-refractivity contribution in [2.24, 2.45) is 4.99 Å². The topological polar surface area (TPSA) is 91.1 Å². The number of hydrogen-bond donors (Lipinski definition) is 3. The number of furan rings is 1. The van der Waals surface area contributed by atoms with Crippen LogP contribution < -0.4 is 10.6 Å². The first-order chi connectivity index (χ1) is 13.1. The molecule has 0 saturated heterocycles. The zero-order chi connectivity index (χ0) is 19.2. The maximum absolute atomic E-state index is 14.0. The van der Waals surface area contributed by atoms with Gasteiger partial charge in [0.05, 0.1) is 12.3 Å². The van der Waals surface area contributed by atoms with Crippen LogP contribution in [0.15, 0.2) is 46.0 Å². The lowest BCUT2D eigenvalue weighted by Crippen LogP contribution is -2.39. The Morgan fingerprint density at radius 3 is 2.89 bits per heavy atom. The van der Waals surface area contributed by atoms with Gasteiger partial charge in [-0.15, -0.1) is 5.10 Å².